The molecule has 0 bridgehead atoms. The highest BCUT2D eigenvalue weighted by molar-refractivity contribution is 6.08. The zero-order valence-electron chi connectivity index (χ0n) is 21.8. The number of hydrogen-bond donors (Lipinski definition) is 2. The lowest BCUT2D eigenvalue weighted by molar-refractivity contribution is 0.102. The standard InChI is InChI=1S/C36H28N2O2/c39-35(37-33-22-18-29(19-23-33)16-14-27-8-3-1-4-9-27)31-12-7-13-32(26-31)36(40)38-34-24-20-30(21-25-34)17-15-28-10-5-2-6-11-28/h1-26H,(H,37,39)(H,38,40). The smallest absolute Gasteiger partial charge is 0.255 e. The maximum Gasteiger partial charge on any atom is 0.255 e. The van der Waals surface area contributed by atoms with Crippen molar-refractivity contribution in [2.24, 2.45) is 0 Å². The van der Waals surface area contributed by atoms with Crippen LogP contribution in [0, 0.1) is 0 Å². The van der Waals surface area contributed by atoms with Gasteiger partial charge in [0.15, 0.2) is 0 Å². The van der Waals surface area contributed by atoms with Gasteiger partial charge in [0.25, 0.3) is 11.8 Å². The monoisotopic (exact) mass is 520 g/mol. The van der Waals surface area contributed by atoms with E-state index in [-0.39, 0.29) is 11.8 Å². The Morgan fingerprint density at radius 2 is 0.750 bits per heavy atom. The van der Waals surface area contributed by atoms with Crippen molar-refractivity contribution in [3.63, 3.8) is 0 Å². The molecule has 40 heavy (non-hydrogen) atoms. The van der Waals surface area contributed by atoms with E-state index in [1.54, 1.807) is 24.3 Å². The molecule has 0 spiro atoms. The van der Waals surface area contributed by atoms with Crippen LogP contribution in [0.15, 0.2) is 133 Å². The van der Waals surface area contributed by atoms with E-state index >= 15 is 0 Å². The maximum absolute atomic E-state index is 12.9. The van der Waals surface area contributed by atoms with E-state index in [9.17, 15) is 9.59 Å². The van der Waals surface area contributed by atoms with Crippen molar-refractivity contribution in [3.8, 4) is 0 Å². The average Bonchev–Trinajstić information content (AvgIpc) is 3.01. The average molecular weight is 521 g/mol. The van der Waals surface area contributed by atoms with Crippen molar-refractivity contribution < 1.29 is 9.59 Å². The second-order valence-corrected chi connectivity index (χ2v) is 9.22. The number of anilines is 2. The Hall–Kier alpha value is -5.48. The van der Waals surface area contributed by atoms with Crippen LogP contribution in [0.4, 0.5) is 11.4 Å². The molecule has 0 aliphatic heterocycles. The van der Waals surface area contributed by atoms with Crippen molar-refractivity contribution in [1.82, 2.24) is 0 Å². The van der Waals surface area contributed by atoms with Crippen LogP contribution in [0.1, 0.15) is 43.0 Å². The summed E-state index contributed by atoms with van der Waals surface area (Å²) in [5.41, 5.74) is 6.47. The minimum Gasteiger partial charge on any atom is -0.322 e. The largest absolute Gasteiger partial charge is 0.322 e. The molecule has 0 aliphatic rings. The molecule has 0 heterocycles. The summed E-state index contributed by atoms with van der Waals surface area (Å²) in [7, 11) is 0. The lowest BCUT2D eigenvalue weighted by Gasteiger charge is -2.09. The van der Waals surface area contributed by atoms with Crippen LogP contribution < -0.4 is 10.6 Å². The summed E-state index contributed by atoms with van der Waals surface area (Å²) in [6.45, 7) is 0. The van der Waals surface area contributed by atoms with Gasteiger partial charge in [-0.25, -0.2) is 0 Å². The Bertz CT molecular complexity index is 1520. The second kappa shape index (κ2) is 12.9. The second-order valence-electron chi connectivity index (χ2n) is 9.22. The van der Waals surface area contributed by atoms with Crippen LogP contribution in [0.3, 0.4) is 0 Å². The van der Waals surface area contributed by atoms with Crippen LogP contribution in [0.25, 0.3) is 24.3 Å². The molecule has 194 valence electrons. The molecule has 5 rings (SSSR count). The molecule has 0 atom stereocenters. The van der Waals surface area contributed by atoms with Gasteiger partial charge in [0.05, 0.1) is 0 Å². The number of nitrogens with one attached hydrogen (secondary N) is 2. The molecule has 2 N–H and O–H groups in total. The summed E-state index contributed by atoms with van der Waals surface area (Å²) in [6.07, 6.45) is 8.14. The third-order valence-corrected chi connectivity index (χ3v) is 6.26. The van der Waals surface area contributed by atoms with Crippen LogP contribution >= 0.6 is 0 Å². The minimum absolute atomic E-state index is 0.281. The van der Waals surface area contributed by atoms with E-state index in [2.05, 4.69) is 10.6 Å². The Morgan fingerprint density at radius 3 is 1.12 bits per heavy atom. The van der Waals surface area contributed by atoms with E-state index in [0.717, 1.165) is 22.3 Å². The van der Waals surface area contributed by atoms with Gasteiger partial charge in [-0.1, -0.05) is 115 Å². The van der Waals surface area contributed by atoms with Crippen LogP contribution in [0.5, 0.6) is 0 Å². The lowest BCUT2D eigenvalue weighted by atomic mass is 10.1. The molecular weight excluding hydrogens is 492 g/mol. The van der Waals surface area contributed by atoms with Crippen LogP contribution in [-0.4, -0.2) is 11.8 Å². The Labute approximate surface area is 234 Å². The molecular formula is C36H28N2O2. The van der Waals surface area contributed by atoms with E-state index in [4.69, 9.17) is 0 Å². The van der Waals surface area contributed by atoms with Gasteiger partial charge in [-0.05, 0) is 64.7 Å². The topological polar surface area (TPSA) is 58.2 Å². The molecule has 0 radical (unpaired) electrons. The van der Waals surface area contributed by atoms with E-state index in [0.29, 0.717) is 22.5 Å². The van der Waals surface area contributed by atoms with Gasteiger partial charge in [0.1, 0.15) is 0 Å². The number of rotatable bonds is 8. The third kappa shape index (κ3) is 7.30. The Kier molecular flexibility index (Phi) is 8.40. The third-order valence-electron chi connectivity index (χ3n) is 6.26. The first-order valence-electron chi connectivity index (χ1n) is 13.0. The Balaban J connectivity index is 1.18. The van der Waals surface area contributed by atoms with Crippen molar-refractivity contribution in [2.45, 2.75) is 0 Å². The minimum atomic E-state index is -0.281. The van der Waals surface area contributed by atoms with Gasteiger partial charge in [-0.2, -0.15) is 0 Å². The fraction of sp³-hybridized carbons (Fsp3) is 0. The fourth-order valence-electron chi connectivity index (χ4n) is 4.08. The molecule has 4 nitrogen and oxygen atoms in total. The van der Waals surface area contributed by atoms with E-state index in [1.807, 2.05) is 133 Å². The van der Waals surface area contributed by atoms with Gasteiger partial charge in [0, 0.05) is 22.5 Å². The van der Waals surface area contributed by atoms with E-state index < -0.39 is 0 Å². The van der Waals surface area contributed by atoms with E-state index in [1.165, 1.54) is 0 Å². The quantitative estimate of drug-likeness (QED) is 0.201. The number of hydrogen-bond acceptors (Lipinski definition) is 2. The molecule has 0 saturated heterocycles. The molecule has 0 unspecified atom stereocenters. The summed E-state index contributed by atoms with van der Waals surface area (Å²) >= 11 is 0. The predicted octanol–water partition coefficient (Wildman–Crippen LogP) is 8.53. The van der Waals surface area contributed by atoms with Gasteiger partial charge in [-0.15, -0.1) is 0 Å². The summed E-state index contributed by atoms with van der Waals surface area (Å²) in [4.78, 5) is 25.8. The first kappa shape index (κ1) is 26.1. The zero-order chi connectivity index (χ0) is 27.6. The van der Waals surface area contributed by atoms with Crippen LogP contribution in [-0.2, 0) is 0 Å². The van der Waals surface area contributed by atoms with Crippen molar-refractivity contribution in [2.75, 3.05) is 10.6 Å². The molecule has 0 aromatic heterocycles. The summed E-state index contributed by atoms with van der Waals surface area (Å²) < 4.78 is 0. The maximum atomic E-state index is 12.9. The van der Waals surface area contributed by atoms with Gasteiger partial charge in [0.2, 0.25) is 0 Å². The first-order valence-corrected chi connectivity index (χ1v) is 13.0. The van der Waals surface area contributed by atoms with Gasteiger partial charge in [-0.3, -0.25) is 9.59 Å². The van der Waals surface area contributed by atoms with Crippen molar-refractivity contribution >= 4 is 47.5 Å². The summed E-state index contributed by atoms with van der Waals surface area (Å²) in [6, 6.07) is 42.1. The number of carbonyl (C=O) groups excluding carboxylic acids is 2. The highest BCUT2D eigenvalue weighted by Gasteiger charge is 2.11. The van der Waals surface area contributed by atoms with Crippen molar-refractivity contribution in [1.29, 1.82) is 0 Å². The lowest BCUT2D eigenvalue weighted by Crippen LogP contribution is -2.15. The number of carbonyl (C=O) groups is 2. The highest BCUT2D eigenvalue weighted by Crippen LogP contribution is 2.17. The number of benzene rings is 5. The Morgan fingerprint density at radius 1 is 0.400 bits per heavy atom. The molecule has 0 saturated carbocycles. The summed E-state index contributed by atoms with van der Waals surface area (Å²) in [5, 5.41) is 5.81. The highest BCUT2D eigenvalue weighted by atomic mass is 16.2. The zero-order valence-corrected chi connectivity index (χ0v) is 21.8. The van der Waals surface area contributed by atoms with Crippen LogP contribution in [0.2, 0.25) is 0 Å². The normalized spacial score (nSPS) is 11.0. The SMILES string of the molecule is O=C(Nc1ccc(C=Cc2ccccc2)cc1)c1cccc(C(=O)Nc2ccc(C=Cc3ccccc3)cc2)c1. The first-order chi connectivity index (χ1) is 19.6. The molecule has 0 fully saturated rings. The molecule has 5 aromatic carbocycles. The van der Waals surface area contributed by atoms with Gasteiger partial charge >= 0.3 is 0 Å². The van der Waals surface area contributed by atoms with Crippen molar-refractivity contribution in [3.05, 3.63) is 167 Å². The predicted molar refractivity (Wildman–Crippen MR) is 166 cm³/mol. The molecule has 0 aliphatic carbocycles. The molecule has 4 heteroatoms. The van der Waals surface area contributed by atoms with Gasteiger partial charge < -0.3 is 10.6 Å². The molecule has 5 aromatic rings. The summed E-state index contributed by atoms with van der Waals surface area (Å²) in [5.74, 6) is -0.562. The molecule has 2 amide bonds. The fourth-order valence-corrected chi connectivity index (χ4v) is 4.08. The number of amides is 2.